The smallest absolute Gasteiger partial charge is 0.281 e. The van der Waals surface area contributed by atoms with E-state index >= 15 is 0 Å². The van der Waals surface area contributed by atoms with Gasteiger partial charge in [0.15, 0.2) is 0 Å². The van der Waals surface area contributed by atoms with Crippen molar-refractivity contribution in [3.63, 3.8) is 0 Å². The van der Waals surface area contributed by atoms with Crippen molar-refractivity contribution in [2.24, 2.45) is 0 Å². The van der Waals surface area contributed by atoms with Crippen molar-refractivity contribution in [1.82, 2.24) is 20.4 Å². The number of aromatic amines is 4. The van der Waals surface area contributed by atoms with Gasteiger partial charge >= 0.3 is 0 Å². The van der Waals surface area contributed by atoms with E-state index in [-0.39, 0.29) is 27.8 Å². The summed E-state index contributed by atoms with van der Waals surface area (Å²) < 4.78 is 5.95. The van der Waals surface area contributed by atoms with E-state index in [1.54, 1.807) is 26.0 Å². The average molecular weight is 430 g/mol. The Balaban J connectivity index is 1.92. The topological polar surface area (TPSA) is 154 Å². The molecular weight excluding hydrogens is 414 g/mol. The number of aromatic nitrogens is 4. The largest absolute Gasteiger partial charge is 0.460 e. The van der Waals surface area contributed by atoms with Crippen LogP contribution in [0.3, 0.4) is 0 Å². The van der Waals surface area contributed by atoms with Crippen LogP contribution in [0.1, 0.15) is 34.2 Å². The van der Waals surface area contributed by atoms with Gasteiger partial charge in [0.2, 0.25) is 0 Å². The van der Waals surface area contributed by atoms with Crippen molar-refractivity contribution in [1.29, 1.82) is 0 Å². The third-order valence-corrected chi connectivity index (χ3v) is 5.17. The second-order valence-electron chi connectivity index (χ2n) is 6.79. The van der Waals surface area contributed by atoms with E-state index in [1.165, 1.54) is 18.2 Å². The minimum absolute atomic E-state index is 0.215. The molecule has 0 bridgehead atoms. The lowest BCUT2D eigenvalue weighted by Gasteiger charge is -2.12. The SMILES string of the molecule is Cc1[nH][nH]c(=O)c1C(c1ccc(-c2ccc(Cl)cc2[N+](=O)[O-])o1)c1c(C)[nH][nH]c1=O. The molecule has 0 saturated carbocycles. The molecule has 0 saturated heterocycles. The maximum absolute atomic E-state index is 12.5. The number of furan rings is 1. The highest BCUT2D eigenvalue weighted by Crippen LogP contribution is 2.38. The summed E-state index contributed by atoms with van der Waals surface area (Å²) in [6.45, 7) is 3.40. The Bertz CT molecular complexity index is 1320. The lowest BCUT2D eigenvalue weighted by atomic mass is 9.89. The van der Waals surface area contributed by atoms with Gasteiger partial charge in [0.1, 0.15) is 11.5 Å². The zero-order chi connectivity index (χ0) is 21.6. The van der Waals surface area contributed by atoms with Crippen molar-refractivity contribution >= 4 is 17.3 Å². The Hall–Kier alpha value is -3.79. The van der Waals surface area contributed by atoms with E-state index in [0.717, 1.165) is 0 Å². The van der Waals surface area contributed by atoms with Crippen LogP contribution >= 0.6 is 11.6 Å². The molecule has 11 heteroatoms. The summed E-state index contributed by atoms with van der Waals surface area (Å²) in [7, 11) is 0. The Morgan fingerprint density at radius 1 is 0.967 bits per heavy atom. The fraction of sp³-hybridized carbons (Fsp3) is 0.158. The molecule has 3 heterocycles. The number of aryl methyl sites for hydroxylation is 2. The third-order valence-electron chi connectivity index (χ3n) is 4.93. The molecule has 0 atom stereocenters. The highest BCUT2D eigenvalue weighted by Gasteiger charge is 2.31. The molecule has 0 amide bonds. The molecule has 0 spiro atoms. The predicted molar refractivity (Wildman–Crippen MR) is 109 cm³/mol. The number of benzene rings is 1. The maximum Gasteiger partial charge on any atom is 0.281 e. The second kappa shape index (κ2) is 7.23. The lowest BCUT2D eigenvalue weighted by molar-refractivity contribution is -0.384. The van der Waals surface area contributed by atoms with Gasteiger partial charge in [-0.15, -0.1) is 0 Å². The first kappa shape index (κ1) is 19.5. The Morgan fingerprint density at radius 3 is 2.07 bits per heavy atom. The number of rotatable bonds is 5. The molecule has 4 rings (SSSR count). The van der Waals surface area contributed by atoms with Gasteiger partial charge in [-0.1, -0.05) is 11.6 Å². The third kappa shape index (κ3) is 3.16. The van der Waals surface area contributed by atoms with E-state index < -0.39 is 22.0 Å². The summed E-state index contributed by atoms with van der Waals surface area (Å²) in [6.07, 6.45) is 0. The number of H-pyrrole nitrogens is 4. The second-order valence-corrected chi connectivity index (χ2v) is 7.23. The first-order valence-electron chi connectivity index (χ1n) is 8.86. The van der Waals surface area contributed by atoms with Gasteiger partial charge in [0, 0.05) is 22.5 Å². The molecule has 154 valence electrons. The average Bonchev–Trinajstić information content (AvgIpc) is 3.39. The standard InChI is InChI=1S/C19H16ClN5O5/c1-8-15(18(26)23-21-8)17(16-9(2)22-24-19(16)27)14-6-5-13(30-14)11-4-3-10(20)7-12(11)25(28)29/h3-7,17H,1-2H3,(H2,21,23,26)(H2,22,24,27). The van der Waals surface area contributed by atoms with Gasteiger partial charge in [0.05, 0.1) is 27.5 Å². The van der Waals surface area contributed by atoms with Crippen LogP contribution in [0, 0.1) is 24.0 Å². The number of hydrogen-bond acceptors (Lipinski definition) is 5. The van der Waals surface area contributed by atoms with Gasteiger partial charge in [0.25, 0.3) is 16.8 Å². The van der Waals surface area contributed by atoms with Crippen LogP contribution < -0.4 is 11.1 Å². The number of halogens is 1. The van der Waals surface area contributed by atoms with Crippen LogP contribution in [-0.2, 0) is 0 Å². The number of nitro groups is 1. The first-order chi connectivity index (χ1) is 14.3. The summed E-state index contributed by atoms with van der Waals surface area (Å²) >= 11 is 5.89. The molecule has 0 aliphatic heterocycles. The molecule has 0 fully saturated rings. The van der Waals surface area contributed by atoms with Crippen LogP contribution in [0.25, 0.3) is 11.3 Å². The maximum atomic E-state index is 12.5. The molecule has 1 aromatic carbocycles. The summed E-state index contributed by atoms with van der Waals surface area (Å²) in [6, 6.07) is 7.39. The Morgan fingerprint density at radius 2 is 1.57 bits per heavy atom. The van der Waals surface area contributed by atoms with Gasteiger partial charge in [-0.2, -0.15) is 0 Å². The van der Waals surface area contributed by atoms with E-state index in [9.17, 15) is 19.7 Å². The summed E-state index contributed by atoms with van der Waals surface area (Å²) in [5.74, 6) is -0.321. The molecule has 0 radical (unpaired) electrons. The normalized spacial score (nSPS) is 11.3. The minimum atomic E-state index is -0.824. The zero-order valence-corrected chi connectivity index (χ0v) is 16.6. The van der Waals surface area contributed by atoms with Crippen molar-refractivity contribution in [2.45, 2.75) is 19.8 Å². The summed E-state index contributed by atoms with van der Waals surface area (Å²) in [5, 5.41) is 22.2. The van der Waals surface area contributed by atoms with Crippen molar-refractivity contribution < 1.29 is 9.34 Å². The molecule has 4 N–H and O–H groups in total. The van der Waals surface area contributed by atoms with Gasteiger partial charge in [-0.25, -0.2) is 0 Å². The first-order valence-corrected chi connectivity index (χ1v) is 9.24. The Kier molecular flexibility index (Phi) is 4.70. The fourth-order valence-corrected chi connectivity index (χ4v) is 3.72. The molecule has 4 aromatic rings. The summed E-state index contributed by atoms with van der Waals surface area (Å²) in [4.78, 5) is 35.8. The van der Waals surface area contributed by atoms with E-state index in [0.29, 0.717) is 22.5 Å². The highest BCUT2D eigenvalue weighted by atomic mass is 35.5. The highest BCUT2D eigenvalue weighted by molar-refractivity contribution is 6.30. The monoisotopic (exact) mass is 429 g/mol. The predicted octanol–water partition coefficient (Wildman–Crippen LogP) is 3.34. The number of hydrogen-bond donors (Lipinski definition) is 4. The molecule has 10 nitrogen and oxygen atoms in total. The van der Waals surface area contributed by atoms with Crippen LogP contribution in [0.5, 0.6) is 0 Å². The molecule has 0 unspecified atom stereocenters. The van der Waals surface area contributed by atoms with Crippen LogP contribution in [-0.4, -0.2) is 25.3 Å². The van der Waals surface area contributed by atoms with E-state index in [4.69, 9.17) is 16.0 Å². The molecule has 30 heavy (non-hydrogen) atoms. The molecule has 0 aliphatic carbocycles. The van der Waals surface area contributed by atoms with Gasteiger partial charge < -0.3 is 14.6 Å². The Labute approximate surface area is 173 Å². The summed E-state index contributed by atoms with van der Waals surface area (Å²) in [5.41, 5.74) is 0.936. The van der Waals surface area contributed by atoms with E-state index in [2.05, 4.69) is 20.4 Å². The van der Waals surface area contributed by atoms with E-state index in [1.807, 2.05) is 0 Å². The van der Waals surface area contributed by atoms with Gasteiger partial charge in [-0.3, -0.25) is 29.9 Å². The van der Waals surface area contributed by atoms with Gasteiger partial charge in [-0.05, 0) is 38.1 Å². The quantitative estimate of drug-likeness (QED) is 0.283. The number of nitro benzene ring substituents is 1. The molecule has 3 aromatic heterocycles. The lowest BCUT2D eigenvalue weighted by Crippen LogP contribution is -2.19. The molecular formula is C19H16ClN5O5. The fourth-order valence-electron chi connectivity index (χ4n) is 3.55. The van der Waals surface area contributed by atoms with Crippen LogP contribution in [0.15, 0.2) is 44.3 Å². The number of nitrogens with zero attached hydrogens (tertiary/aromatic N) is 1. The number of nitrogens with one attached hydrogen (secondary N) is 4. The van der Waals surface area contributed by atoms with Crippen LogP contribution in [0.4, 0.5) is 5.69 Å². The van der Waals surface area contributed by atoms with Crippen molar-refractivity contribution in [3.05, 3.63) is 94.5 Å². The van der Waals surface area contributed by atoms with Crippen molar-refractivity contribution in [3.8, 4) is 11.3 Å². The minimum Gasteiger partial charge on any atom is -0.460 e. The zero-order valence-electron chi connectivity index (χ0n) is 15.8. The van der Waals surface area contributed by atoms with Crippen molar-refractivity contribution in [2.75, 3.05) is 0 Å². The molecule has 0 aliphatic rings. The van der Waals surface area contributed by atoms with Crippen LogP contribution in [0.2, 0.25) is 5.02 Å².